The number of methoxy groups -OCH3 is 1. The maximum absolute atomic E-state index is 12.1. The molecule has 2 amide bonds. The fraction of sp³-hybridized carbons (Fsp3) is 0.167. The third kappa shape index (κ3) is 5.35. The largest absolute Gasteiger partial charge is 0.465 e. The highest BCUT2D eigenvalue weighted by atomic mass is 16.5. The topological polar surface area (TPSA) is 96.5 Å². The molecule has 0 saturated carbocycles. The van der Waals surface area contributed by atoms with E-state index in [2.05, 4.69) is 16.0 Å². The van der Waals surface area contributed by atoms with E-state index in [1.165, 1.54) is 14.0 Å². The third-order valence-electron chi connectivity index (χ3n) is 3.24. The highest BCUT2D eigenvalue weighted by Crippen LogP contribution is 2.17. The number of ether oxygens (including phenoxy) is 1. The summed E-state index contributed by atoms with van der Waals surface area (Å²) in [5.74, 6) is -0.962. The molecule has 2 aromatic carbocycles. The Morgan fingerprint density at radius 2 is 1.64 bits per heavy atom. The lowest BCUT2D eigenvalue weighted by Gasteiger charge is -2.11. The molecule has 0 atom stereocenters. The van der Waals surface area contributed by atoms with Crippen molar-refractivity contribution in [3.05, 3.63) is 54.1 Å². The maximum Gasteiger partial charge on any atom is 0.339 e. The number of carbonyl (C=O) groups is 3. The van der Waals surface area contributed by atoms with Crippen molar-refractivity contribution >= 4 is 34.8 Å². The van der Waals surface area contributed by atoms with Crippen LogP contribution in [0.25, 0.3) is 0 Å². The molecule has 0 radical (unpaired) electrons. The third-order valence-corrected chi connectivity index (χ3v) is 3.24. The molecule has 0 heterocycles. The van der Waals surface area contributed by atoms with Crippen LogP contribution in [0.3, 0.4) is 0 Å². The summed E-state index contributed by atoms with van der Waals surface area (Å²) in [4.78, 5) is 34.9. The number of esters is 1. The number of hydrogen-bond acceptors (Lipinski definition) is 5. The predicted octanol–water partition coefficient (Wildman–Crippen LogP) is 2.48. The van der Waals surface area contributed by atoms with E-state index in [0.29, 0.717) is 22.6 Å². The van der Waals surface area contributed by atoms with Crippen molar-refractivity contribution in [1.29, 1.82) is 0 Å². The van der Waals surface area contributed by atoms with E-state index in [-0.39, 0.29) is 18.4 Å². The average molecular weight is 341 g/mol. The summed E-state index contributed by atoms with van der Waals surface area (Å²) < 4.78 is 4.71. The van der Waals surface area contributed by atoms with E-state index in [4.69, 9.17) is 4.74 Å². The number of benzene rings is 2. The van der Waals surface area contributed by atoms with Crippen molar-refractivity contribution in [2.75, 3.05) is 29.6 Å². The van der Waals surface area contributed by atoms with Gasteiger partial charge in [0.1, 0.15) is 0 Å². The predicted molar refractivity (Wildman–Crippen MR) is 95.6 cm³/mol. The van der Waals surface area contributed by atoms with Gasteiger partial charge in [0.25, 0.3) is 0 Å². The molecule has 0 bridgehead atoms. The van der Waals surface area contributed by atoms with Gasteiger partial charge in [-0.1, -0.05) is 18.2 Å². The van der Waals surface area contributed by atoms with Gasteiger partial charge in [-0.05, 0) is 30.3 Å². The Hall–Kier alpha value is -3.35. The number of amides is 2. The summed E-state index contributed by atoms with van der Waals surface area (Å²) in [5, 5.41) is 8.28. The molecule has 0 unspecified atom stereocenters. The Kier molecular flexibility index (Phi) is 6.11. The van der Waals surface area contributed by atoms with Crippen LogP contribution in [-0.4, -0.2) is 31.4 Å². The van der Waals surface area contributed by atoms with Crippen molar-refractivity contribution in [1.82, 2.24) is 0 Å². The minimum Gasteiger partial charge on any atom is -0.465 e. The van der Waals surface area contributed by atoms with Gasteiger partial charge in [-0.2, -0.15) is 0 Å². The Labute approximate surface area is 145 Å². The van der Waals surface area contributed by atoms with Crippen LogP contribution >= 0.6 is 0 Å². The first-order chi connectivity index (χ1) is 12.0. The normalized spacial score (nSPS) is 9.84. The zero-order valence-corrected chi connectivity index (χ0v) is 14.0. The second-order valence-corrected chi connectivity index (χ2v) is 5.20. The van der Waals surface area contributed by atoms with Crippen molar-refractivity contribution in [3.8, 4) is 0 Å². The molecule has 0 aliphatic rings. The second-order valence-electron chi connectivity index (χ2n) is 5.20. The fourth-order valence-corrected chi connectivity index (χ4v) is 2.18. The number of para-hydroxylation sites is 1. The molecule has 130 valence electrons. The molecule has 0 aliphatic carbocycles. The van der Waals surface area contributed by atoms with Crippen molar-refractivity contribution in [3.63, 3.8) is 0 Å². The van der Waals surface area contributed by atoms with Gasteiger partial charge in [-0.25, -0.2) is 4.79 Å². The molecule has 2 rings (SSSR count). The van der Waals surface area contributed by atoms with Gasteiger partial charge in [0.2, 0.25) is 11.8 Å². The van der Waals surface area contributed by atoms with Crippen LogP contribution < -0.4 is 16.0 Å². The Balaban J connectivity index is 1.98. The van der Waals surface area contributed by atoms with E-state index < -0.39 is 5.97 Å². The monoisotopic (exact) mass is 341 g/mol. The number of carbonyl (C=O) groups excluding carboxylic acids is 3. The van der Waals surface area contributed by atoms with Crippen LogP contribution in [-0.2, 0) is 14.3 Å². The highest BCUT2D eigenvalue weighted by Gasteiger charge is 2.11. The van der Waals surface area contributed by atoms with E-state index in [0.717, 1.165) is 0 Å². The number of hydrogen-bond donors (Lipinski definition) is 3. The van der Waals surface area contributed by atoms with E-state index in [1.807, 2.05) is 0 Å². The van der Waals surface area contributed by atoms with Crippen LogP contribution in [0.1, 0.15) is 17.3 Å². The SMILES string of the molecule is COC(=O)c1ccccc1NCC(=O)Nc1cccc(NC(C)=O)c1. The molecule has 3 N–H and O–H groups in total. The molecule has 0 saturated heterocycles. The summed E-state index contributed by atoms with van der Waals surface area (Å²) in [6.07, 6.45) is 0. The number of rotatable bonds is 6. The van der Waals surface area contributed by atoms with Gasteiger partial charge in [-0.15, -0.1) is 0 Å². The Morgan fingerprint density at radius 3 is 2.32 bits per heavy atom. The lowest BCUT2D eigenvalue weighted by atomic mass is 10.2. The summed E-state index contributed by atoms with van der Waals surface area (Å²) in [5.41, 5.74) is 2.01. The van der Waals surface area contributed by atoms with Gasteiger partial charge in [0, 0.05) is 24.0 Å². The molecule has 2 aromatic rings. The van der Waals surface area contributed by atoms with Crippen molar-refractivity contribution < 1.29 is 19.1 Å². The number of nitrogens with one attached hydrogen (secondary N) is 3. The smallest absolute Gasteiger partial charge is 0.339 e. The minimum absolute atomic E-state index is 0.0294. The highest BCUT2D eigenvalue weighted by molar-refractivity contribution is 5.98. The lowest BCUT2D eigenvalue weighted by Crippen LogP contribution is -2.22. The van der Waals surface area contributed by atoms with Crippen LogP contribution in [0.15, 0.2) is 48.5 Å². The first-order valence-corrected chi connectivity index (χ1v) is 7.58. The maximum atomic E-state index is 12.1. The van der Waals surface area contributed by atoms with Crippen LogP contribution in [0.2, 0.25) is 0 Å². The molecule has 0 aromatic heterocycles. The van der Waals surface area contributed by atoms with Gasteiger partial charge in [0.05, 0.1) is 19.2 Å². The zero-order valence-electron chi connectivity index (χ0n) is 14.0. The summed E-state index contributed by atoms with van der Waals surface area (Å²) >= 11 is 0. The van der Waals surface area contributed by atoms with Gasteiger partial charge >= 0.3 is 5.97 Å². The minimum atomic E-state index is -0.480. The second kappa shape index (κ2) is 8.49. The fourth-order valence-electron chi connectivity index (χ4n) is 2.18. The molecular formula is C18H19N3O4. The molecule has 7 heteroatoms. The Bertz CT molecular complexity index is 789. The van der Waals surface area contributed by atoms with Crippen molar-refractivity contribution in [2.24, 2.45) is 0 Å². The molecule has 7 nitrogen and oxygen atoms in total. The first kappa shape index (κ1) is 18.0. The Morgan fingerprint density at radius 1 is 0.960 bits per heavy atom. The molecule has 0 fully saturated rings. The summed E-state index contributed by atoms with van der Waals surface area (Å²) in [6, 6.07) is 13.6. The summed E-state index contributed by atoms with van der Waals surface area (Å²) in [7, 11) is 1.30. The molecule has 0 aliphatic heterocycles. The van der Waals surface area contributed by atoms with Gasteiger partial charge in [0.15, 0.2) is 0 Å². The van der Waals surface area contributed by atoms with Crippen molar-refractivity contribution in [2.45, 2.75) is 6.92 Å². The van der Waals surface area contributed by atoms with Crippen LogP contribution in [0.5, 0.6) is 0 Å². The van der Waals surface area contributed by atoms with Gasteiger partial charge < -0.3 is 20.7 Å². The van der Waals surface area contributed by atoms with Crippen LogP contribution in [0, 0.1) is 0 Å². The molecule has 0 spiro atoms. The molecular weight excluding hydrogens is 322 g/mol. The molecule has 25 heavy (non-hydrogen) atoms. The van der Waals surface area contributed by atoms with E-state index in [1.54, 1.807) is 48.5 Å². The van der Waals surface area contributed by atoms with E-state index in [9.17, 15) is 14.4 Å². The quantitative estimate of drug-likeness (QED) is 0.702. The lowest BCUT2D eigenvalue weighted by molar-refractivity contribution is -0.115. The first-order valence-electron chi connectivity index (χ1n) is 7.58. The van der Waals surface area contributed by atoms with Crippen LogP contribution in [0.4, 0.5) is 17.1 Å². The summed E-state index contributed by atoms with van der Waals surface area (Å²) in [6.45, 7) is 1.38. The average Bonchev–Trinajstić information content (AvgIpc) is 2.59. The zero-order chi connectivity index (χ0) is 18.2. The van der Waals surface area contributed by atoms with E-state index >= 15 is 0 Å². The van der Waals surface area contributed by atoms with Gasteiger partial charge in [-0.3, -0.25) is 9.59 Å². The number of anilines is 3. The standard InChI is InChI=1S/C18H19N3O4/c1-12(22)20-13-6-5-7-14(10-13)21-17(23)11-19-16-9-4-3-8-15(16)18(24)25-2/h3-10,19H,11H2,1-2H3,(H,20,22)(H,21,23).